The van der Waals surface area contributed by atoms with Crippen LogP contribution in [0.25, 0.3) is 0 Å². The number of aliphatic hydroxyl groups excluding tert-OH is 1. The standard InChI is InChI=1S/C12H24FNO/c1-2-3-4-5-6-7-11(13)8-9-12(14)10-15/h8-9,11-12,15H,2-7,10,14H2,1H3/b9-8+/t11?,12-/m1/s1. The highest BCUT2D eigenvalue weighted by Gasteiger charge is 2.02. The van der Waals surface area contributed by atoms with Crippen molar-refractivity contribution in [2.45, 2.75) is 57.7 Å². The van der Waals surface area contributed by atoms with E-state index in [9.17, 15) is 4.39 Å². The molecule has 90 valence electrons. The summed E-state index contributed by atoms with van der Waals surface area (Å²) in [5, 5.41) is 8.62. The molecule has 0 amide bonds. The van der Waals surface area contributed by atoms with Crippen molar-refractivity contribution in [2.75, 3.05) is 6.61 Å². The molecule has 15 heavy (non-hydrogen) atoms. The van der Waals surface area contributed by atoms with E-state index in [0.29, 0.717) is 6.42 Å². The first-order valence-corrected chi connectivity index (χ1v) is 5.89. The number of hydrogen-bond donors (Lipinski definition) is 2. The molecule has 0 aliphatic heterocycles. The first-order valence-electron chi connectivity index (χ1n) is 5.89. The van der Waals surface area contributed by atoms with Gasteiger partial charge in [0.15, 0.2) is 0 Å². The second kappa shape index (κ2) is 10.1. The third kappa shape index (κ3) is 9.88. The van der Waals surface area contributed by atoms with Gasteiger partial charge in [0.05, 0.1) is 6.61 Å². The Morgan fingerprint density at radius 3 is 2.47 bits per heavy atom. The minimum absolute atomic E-state index is 0.125. The predicted octanol–water partition coefficient (Wildman–Crippen LogP) is 2.56. The van der Waals surface area contributed by atoms with Gasteiger partial charge in [-0.1, -0.05) is 51.2 Å². The largest absolute Gasteiger partial charge is 0.394 e. The molecule has 0 fully saturated rings. The van der Waals surface area contributed by atoms with Gasteiger partial charge in [0, 0.05) is 6.04 Å². The summed E-state index contributed by atoms with van der Waals surface area (Å²) in [7, 11) is 0. The Balaban J connectivity index is 3.40. The van der Waals surface area contributed by atoms with Crippen LogP contribution in [0.2, 0.25) is 0 Å². The SMILES string of the molecule is CCCCCCCC(F)/C=C/[C@@H](N)CO. The van der Waals surface area contributed by atoms with E-state index in [1.165, 1.54) is 31.4 Å². The molecule has 2 atom stereocenters. The lowest BCUT2D eigenvalue weighted by atomic mass is 10.1. The molecule has 0 radical (unpaired) electrons. The Morgan fingerprint density at radius 2 is 1.87 bits per heavy atom. The van der Waals surface area contributed by atoms with Crippen LogP contribution in [0.1, 0.15) is 45.4 Å². The molecule has 0 saturated carbocycles. The average molecular weight is 217 g/mol. The summed E-state index contributed by atoms with van der Waals surface area (Å²) in [4.78, 5) is 0. The quantitative estimate of drug-likeness (QED) is 0.460. The molecule has 3 N–H and O–H groups in total. The molecule has 0 bridgehead atoms. The zero-order chi connectivity index (χ0) is 11.5. The highest BCUT2D eigenvalue weighted by molar-refractivity contribution is 4.95. The van der Waals surface area contributed by atoms with Crippen molar-refractivity contribution in [1.29, 1.82) is 0 Å². The van der Waals surface area contributed by atoms with Crippen LogP contribution in [0, 0.1) is 0 Å². The minimum Gasteiger partial charge on any atom is -0.394 e. The Kier molecular flexibility index (Phi) is 9.84. The lowest BCUT2D eigenvalue weighted by Crippen LogP contribution is -2.21. The fraction of sp³-hybridized carbons (Fsp3) is 0.833. The summed E-state index contributed by atoms with van der Waals surface area (Å²) in [5.41, 5.74) is 5.41. The van der Waals surface area contributed by atoms with E-state index in [1.54, 1.807) is 0 Å². The van der Waals surface area contributed by atoms with Crippen LogP contribution in [0.3, 0.4) is 0 Å². The number of alkyl halides is 1. The zero-order valence-corrected chi connectivity index (χ0v) is 9.66. The van der Waals surface area contributed by atoms with Gasteiger partial charge < -0.3 is 10.8 Å². The molecule has 1 unspecified atom stereocenters. The van der Waals surface area contributed by atoms with Gasteiger partial charge in [0.2, 0.25) is 0 Å². The molecule has 3 heteroatoms. The molecule has 0 saturated heterocycles. The normalized spacial score (nSPS) is 15.7. The van der Waals surface area contributed by atoms with Gasteiger partial charge in [0.1, 0.15) is 6.17 Å². The maximum absolute atomic E-state index is 13.2. The Labute approximate surface area is 92.4 Å². The van der Waals surface area contributed by atoms with Crippen molar-refractivity contribution in [2.24, 2.45) is 5.73 Å². The molecule has 0 aromatic heterocycles. The second-order valence-corrected chi connectivity index (χ2v) is 3.95. The molecule has 0 aliphatic rings. The minimum atomic E-state index is -0.913. The summed E-state index contributed by atoms with van der Waals surface area (Å²) in [6.07, 6.45) is 8.34. The summed E-state index contributed by atoms with van der Waals surface area (Å²) in [5.74, 6) is 0. The fourth-order valence-electron chi connectivity index (χ4n) is 1.36. The fourth-order valence-corrected chi connectivity index (χ4v) is 1.36. The van der Waals surface area contributed by atoms with Gasteiger partial charge in [-0.05, 0) is 6.42 Å². The van der Waals surface area contributed by atoms with Crippen molar-refractivity contribution in [3.63, 3.8) is 0 Å². The average Bonchev–Trinajstić information content (AvgIpc) is 2.25. The van der Waals surface area contributed by atoms with Gasteiger partial charge in [0.25, 0.3) is 0 Å². The van der Waals surface area contributed by atoms with E-state index in [-0.39, 0.29) is 6.61 Å². The van der Waals surface area contributed by atoms with Crippen LogP contribution in [0.15, 0.2) is 12.2 Å². The van der Waals surface area contributed by atoms with Gasteiger partial charge in [-0.2, -0.15) is 0 Å². The summed E-state index contributed by atoms with van der Waals surface area (Å²) in [6, 6.07) is -0.427. The van der Waals surface area contributed by atoms with Gasteiger partial charge in [-0.15, -0.1) is 0 Å². The molecule has 0 spiro atoms. The number of nitrogens with two attached hydrogens (primary N) is 1. The second-order valence-electron chi connectivity index (χ2n) is 3.95. The van der Waals surface area contributed by atoms with E-state index in [1.807, 2.05) is 0 Å². The van der Waals surface area contributed by atoms with Crippen molar-refractivity contribution in [3.05, 3.63) is 12.2 Å². The lowest BCUT2D eigenvalue weighted by molar-refractivity contribution is 0.283. The summed E-state index contributed by atoms with van der Waals surface area (Å²) >= 11 is 0. The third-order valence-corrected chi connectivity index (χ3v) is 2.36. The number of rotatable bonds is 9. The van der Waals surface area contributed by atoms with Crippen LogP contribution in [-0.4, -0.2) is 23.9 Å². The molecular weight excluding hydrogens is 193 g/mol. The van der Waals surface area contributed by atoms with Gasteiger partial charge >= 0.3 is 0 Å². The molecule has 2 nitrogen and oxygen atoms in total. The van der Waals surface area contributed by atoms with E-state index >= 15 is 0 Å². The van der Waals surface area contributed by atoms with Crippen molar-refractivity contribution in [1.82, 2.24) is 0 Å². The molecule has 0 aromatic carbocycles. The highest BCUT2D eigenvalue weighted by atomic mass is 19.1. The smallest absolute Gasteiger partial charge is 0.118 e. The van der Waals surface area contributed by atoms with Gasteiger partial charge in [-0.3, -0.25) is 0 Å². The van der Waals surface area contributed by atoms with E-state index in [0.717, 1.165) is 12.8 Å². The molecule has 0 heterocycles. The van der Waals surface area contributed by atoms with Gasteiger partial charge in [-0.25, -0.2) is 4.39 Å². The van der Waals surface area contributed by atoms with Crippen LogP contribution < -0.4 is 5.73 Å². The summed E-state index contributed by atoms with van der Waals surface area (Å²) in [6.45, 7) is 2.04. The number of hydrogen-bond acceptors (Lipinski definition) is 2. The highest BCUT2D eigenvalue weighted by Crippen LogP contribution is 2.10. The zero-order valence-electron chi connectivity index (χ0n) is 9.66. The maximum Gasteiger partial charge on any atom is 0.118 e. The number of allylic oxidation sites excluding steroid dienone is 1. The number of halogens is 1. The maximum atomic E-state index is 13.2. The molecule has 0 aliphatic carbocycles. The first kappa shape index (κ1) is 14.6. The predicted molar refractivity (Wildman–Crippen MR) is 62.5 cm³/mol. The molecule has 0 aromatic rings. The Bertz CT molecular complexity index is 162. The van der Waals surface area contributed by atoms with E-state index < -0.39 is 12.2 Å². The Hall–Kier alpha value is -0.410. The van der Waals surface area contributed by atoms with Crippen molar-refractivity contribution < 1.29 is 9.50 Å². The topological polar surface area (TPSA) is 46.2 Å². The van der Waals surface area contributed by atoms with E-state index in [2.05, 4.69) is 6.92 Å². The lowest BCUT2D eigenvalue weighted by Gasteiger charge is -2.04. The van der Waals surface area contributed by atoms with E-state index in [4.69, 9.17) is 10.8 Å². The van der Waals surface area contributed by atoms with Crippen LogP contribution >= 0.6 is 0 Å². The number of unbranched alkanes of at least 4 members (excludes halogenated alkanes) is 4. The van der Waals surface area contributed by atoms with Crippen LogP contribution in [0.4, 0.5) is 4.39 Å². The first-order chi connectivity index (χ1) is 7.20. The number of aliphatic hydroxyl groups is 1. The Morgan fingerprint density at radius 1 is 1.20 bits per heavy atom. The monoisotopic (exact) mass is 217 g/mol. The molecule has 0 rings (SSSR count). The molecular formula is C12H24FNO. The van der Waals surface area contributed by atoms with Crippen LogP contribution in [0.5, 0.6) is 0 Å². The van der Waals surface area contributed by atoms with Crippen LogP contribution in [-0.2, 0) is 0 Å². The van der Waals surface area contributed by atoms with Crippen molar-refractivity contribution >= 4 is 0 Å². The third-order valence-electron chi connectivity index (χ3n) is 2.36. The van der Waals surface area contributed by atoms with Crippen molar-refractivity contribution in [3.8, 4) is 0 Å². The summed E-state index contributed by atoms with van der Waals surface area (Å²) < 4.78 is 13.2.